The van der Waals surface area contributed by atoms with E-state index in [4.69, 9.17) is 4.74 Å². The number of rotatable bonds is 3. The first-order chi connectivity index (χ1) is 9.49. The van der Waals surface area contributed by atoms with Gasteiger partial charge >= 0.3 is 0 Å². The average molecular weight is 284 g/mol. The molecule has 2 atom stereocenters. The smallest absolute Gasteiger partial charge is 0.0833 e. The quantitative estimate of drug-likeness (QED) is 0.782. The predicted molar refractivity (Wildman–Crippen MR) is 86.0 cm³/mol. The Labute approximate surface area is 126 Å². The molecule has 0 bridgehead atoms. The third kappa shape index (κ3) is 8.97. The number of hydrogen-bond acceptors (Lipinski definition) is 2. The molecule has 0 radical (unpaired) electrons. The van der Waals surface area contributed by atoms with Gasteiger partial charge in [-0.2, -0.15) is 0 Å². The van der Waals surface area contributed by atoms with Crippen molar-refractivity contribution < 1.29 is 9.84 Å². The molecule has 2 nitrogen and oxygen atoms in total. The van der Waals surface area contributed by atoms with E-state index in [1.807, 2.05) is 0 Å². The van der Waals surface area contributed by atoms with Gasteiger partial charge in [0.25, 0.3) is 0 Å². The van der Waals surface area contributed by atoms with Crippen molar-refractivity contribution in [3.63, 3.8) is 0 Å². The van der Waals surface area contributed by atoms with Crippen LogP contribution in [0.2, 0.25) is 0 Å². The van der Waals surface area contributed by atoms with Crippen LogP contribution in [0.25, 0.3) is 0 Å². The first-order valence-electron chi connectivity index (χ1n) is 8.79. The summed E-state index contributed by atoms with van der Waals surface area (Å²) in [7, 11) is 0. The van der Waals surface area contributed by atoms with Gasteiger partial charge in [0, 0.05) is 6.61 Å². The van der Waals surface area contributed by atoms with Crippen molar-refractivity contribution in [2.24, 2.45) is 5.41 Å². The standard InChI is InChI=1S/C18H36O2/c1-18(2,3)14-15-20-17-13-11-9-7-5-4-6-8-10-12-16(17)19/h16-17,19H,4-15H2,1-3H3. The van der Waals surface area contributed by atoms with E-state index in [-0.39, 0.29) is 12.2 Å². The summed E-state index contributed by atoms with van der Waals surface area (Å²) in [6.45, 7) is 7.51. The molecule has 20 heavy (non-hydrogen) atoms. The van der Waals surface area contributed by atoms with Gasteiger partial charge in [0.05, 0.1) is 12.2 Å². The Kier molecular flexibility index (Phi) is 8.79. The molecule has 2 heteroatoms. The van der Waals surface area contributed by atoms with Crippen LogP contribution in [0.1, 0.15) is 91.4 Å². The number of ether oxygens (including phenoxy) is 1. The zero-order valence-electron chi connectivity index (χ0n) is 14.0. The fourth-order valence-corrected chi connectivity index (χ4v) is 2.85. The van der Waals surface area contributed by atoms with E-state index in [0.717, 1.165) is 32.3 Å². The molecular weight excluding hydrogens is 248 g/mol. The minimum Gasteiger partial charge on any atom is -0.390 e. The maximum absolute atomic E-state index is 10.4. The van der Waals surface area contributed by atoms with Crippen LogP contribution in [0.4, 0.5) is 0 Å². The molecule has 1 rings (SSSR count). The molecule has 0 aliphatic heterocycles. The van der Waals surface area contributed by atoms with Crippen LogP contribution in [-0.4, -0.2) is 23.9 Å². The van der Waals surface area contributed by atoms with Gasteiger partial charge in [0.15, 0.2) is 0 Å². The van der Waals surface area contributed by atoms with E-state index < -0.39 is 0 Å². The second-order valence-electron chi connectivity index (χ2n) is 7.69. The summed E-state index contributed by atoms with van der Waals surface area (Å²) in [6, 6.07) is 0. The summed E-state index contributed by atoms with van der Waals surface area (Å²) in [5.74, 6) is 0. The van der Waals surface area contributed by atoms with Gasteiger partial charge in [-0.3, -0.25) is 0 Å². The van der Waals surface area contributed by atoms with E-state index in [2.05, 4.69) is 20.8 Å². The molecule has 2 unspecified atom stereocenters. The van der Waals surface area contributed by atoms with Gasteiger partial charge in [0.1, 0.15) is 0 Å². The van der Waals surface area contributed by atoms with E-state index in [1.54, 1.807) is 0 Å². The monoisotopic (exact) mass is 284 g/mol. The fraction of sp³-hybridized carbons (Fsp3) is 1.00. The summed E-state index contributed by atoms with van der Waals surface area (Å²) in [4.78, 5) is 0. The minimum absolute atomic E-state index is 0.0665. The number of aliphatic hydroxyl groups excluding tert-OH is 1. The predicted octanol–water partition coefficient (Wildman–Crippen LogP) is 5.08. The van der Waals surface area contributed by atoms with Crippen LogP contribution in [0, 0.1) is 5.41 Å². The summed E-state index contributed by atoms with van der Waals surface area (Å²) < 4.78 is 6.03. The van der Waals surface area contributed by atoms with Crippen molar-refractivity contribution in [3.8, 4) is 0 Å². The maximum atomic E-state index is 10.4. The van der Waals surface area contributed by atoms with Crippen LogP contribution < -0.4 is 0 Å². The molecule has 0 aromatic heterocycles. The highest BCUT2D eigenvalue weighted by atomic mass is 16.5. The highest BCUT2D eigenvalue weighted by molar-refractivity contribution is 4.71. The van der Waals surface area contributed by atoms with Crippen molar-refractivity contribution in [1.82, 2.24) is 0 Å². The molecule has 0 spiro atoms. The lowest BCUT2D eigenvalue weighted by molar-refractivity contribution is -0.0526. The fourth-order valence-electron chi connectivity index (χ4n) is 2.85. The Bertz CT molecular complexity index is 232. The molecule has 1 N–H and O–H groups in total. The average Bonchev–Trinajstić information content (AvgIpc) is 2.35. The van der Waals surface area contributed by atoms with Gasteiger partial charge in [-0.25, -0.2) is 0 Å². The largest absolute Gasteiger partial charge is 0.390 e. The Hall–Kier alpha value is -0.0800. The summed E-state index contributed by atoms with van der Waals surface area (Å²) in [5, 5.41) is 10.4. The zero-order valence-corrected chi connectivity index (χ0v) is 14.0. The van der Waals surface area contributed by atoms with E-state index in [9.17, 15) is 5.11 Å². The van der Waals surface area contributed by atoms with Crippen LogP contribution in [0.15, 0.2) is 0 Å². The Balaban J connectivity index is 2.36. The van der Waals surface area contributed by atoms with Crippen molar-refractivity contribution in [2.75, 3.05) is 6.61 Å². The minimum atomic E-state index is -0.255. The molecule has 0 heterocycles. The zero-order chi connectivity index (χ0) is 14.8. The van der Waals surface area contributed by atoms with Crippen molar-refractivity contribution >= 4 is 0 Å². The molecule has 0 saturated heterocycles. The third-order valence-electron chi connectivity index (χ3n) is 4.35. The van der Waals surface area contributed by atoms with E-state index in [1.165, 1.54) is 44.9 Å². The molecule has 1 aliphatic carbocycles. The molecule has 1 aliphatic rings. The highest BCUT2D eigenvalue weighted by Crippen LogP contribution is 2.22. The lowest BCUT2D eigenvalue weighted by Crippen LogP contribution is -2.30. The van der Waals surface area contributed by atoms with E-state index >= 15 is 0 Å². The lowest BCUT2D eigenvalue weighted by atomic mass is 9.93. The van der Waals surface area contributed by atoms with Crippen molar-refractivity contribution in [3.05, 3.63) is 0 Å². The van der Waals surface area contributed by atoms with Gasteiger partial charge in [-0.15, -0.1) is 0 Å². The second-order valence-corrected chi connectivity index (χ2v) is 7.69. The lowest BCUT2D eigenvalue weighted by Gasteiger charge is -2.26. The molecular formula is C18H36O2. The van der Waals surface area contributed by atoms with Crippen LogP contribution in [-0.2, 0) is 4.74 Å². The maximum Gasteiger partial charge on any atom is 0.0833 e. The molecule has 0 amide bonds. The molecule has 0 aromatic rings. The van der Waals surface area contributed by atoms with Gasteiger partial charge in [-0.05, 0) is 24.7 Å². The topological polar surface area (TPSA) is 29.5 Å². The molecule has 1 fully saturated rings. The Morgan fingerprint density at radius 2 is 1.35 bits per heavy atom. The van der Waals surface area contributed by atoms with Crippen molar-refractivity contribution in [2.45, 2.75) is 104 Å². The first kappa shape index (κ1) is 18.0. The third-order valence-corrected chi connectivity index (χ3v) is 4.35. The van der Waals surface area contributed by atoms with Crippen molar-refractivity contribution in [1.29, 1.82) is 0 Å². The van der Waals surface area contributed by atoms with Crippen LogP contribution in [0.3, 0.4) is 0 Å². The van der Waals surface area contributed by atoms with Gasteiger partial charge in [0.2, 0.25) is 0 Å². The van der Waals surface area contributed by atoms with Gasteiger partial charge in [-0.1, -0.05) is 72.1 Å². The normalized spacial score (nSPS) is 27.6. The van der Waals surface area contributed by atoms with E-state index in [0.29, 0.717) is 5.41 Å². The Morgan fingerprint density at radius 3 is 1.90 bits per heavy atom. The Morgan fingerprint density at radius 1 is 0.850 bits per heavy atom. The molecule has 1 saturated carbocycles. The summed E-state index contributed by atoms with van der Waals surface area (Å²) in [5.41, 5.74) is 0.316. The molecule has 120 valence electrons. The first-order valence-corrected chi connectivity index (χ1v) is 8.79. The number of hydrogen-bond donors (Lipinski definition) is 1. The summed E-state index contributed by atoms with van der Waals surface area (Å²) in [6.07, 6.45) is 13.2. The summed E-state index contributed by atoms with van der Waals surface area (Å²) >= 11 is 0. The highest BCUT2D eigenvalue weighted by Gasteiger charge is 2.20. The number of aliphatic hydroxyl groups is 1. The van der Waals surface area contributed by atoms with Crippen LogP contribution >= 0.6 is 0 Å². The molecule has 0 aromatic carbocycles. The second kappa shape index (κ2) is 9.78. The van der Waals surface area contributed by atoms with Gasteiger partial charge < -0.3 is 9.84 Å². The SMILES string of the molecule is CC(C)(C)CCOC1CCCCCCCCCCC1O. The van der Waals surface area contributed by atoms with Crippen LogP contribution in [0.5, 0.6) is 0 Å².